The zero-order valence-electron chi connectivity index (χ0n) is 22.1. The van der Waals surface area contributed by atoms with Crippen LogP contribution in [0.15, 0.2) is 42.6 Å². The number of benzene rings is 1. The summed E-state index contributed by atoms with van der Waals surface area (Å²) in [6.45, 7) is 1.06. The van der Waals surface area contributed by atoms with E-state index in [4.69, 9.17) is 9.76 Å². The van der Waals surface area contributed by atoms with E-state index in [-0.39, 0.29) is 17.7 Å². The molecule has 1 amide bonds. The predicted molar refractivity (Wildman–Crippen MR) is 154 cm³/mol. The lowest BCUT2D eigenvalue weighted by molar-refractivity contribution is -0.127. The van der Waals surface area contributed by atoms with Gasteiger partial charge in [-0.25, -0.2) is 13.6 Å². The van der Waals surface area contributed by atoms with Crippen LogP contribution < -0.4 is 10.2 Å². The smallest absolute Gasteiger partial charge is 0.225 e. The number of amides is 1. The zero-order valence-corrected chi connectivity index (χ0v) is 23.7. The van der Waals surface area contributed by atoms with E-state index in [9.17, 15) is 18.7 Å². The minimum atomic E-state index is -2.55. The summed E-state index contributed by atoms with van der Waals surface area (Å²) in [4.78, 5) is 26.0. The van der Waals surface area contributed by atoms with Gasteiger partial charge in [-0.1, -0.05) is 31.0 Å². The summed E-state index contributed by atoms with van der Waals surface area (Å²) in [5, 5.41) is 13.3. The van der Waals surface area contributed by atoms with Crippen molar-refractivity contribution in [2.24, 2.45) is 5.92 Å². The van der Waals surface area contributed by atoms with Gasteiger partial charge in [0.05, 0.1) is 28.5 Å². The number of nitriles is 1. The molecule has 0 bridgehead atoms. The van der Waals surface area contributed by atoms with Gasteiger partial charge in [0.2, 0.25) is 5.91 Å². The summed E-state index contributed by atoms with van der Waals surface area (Å²) < 4.78 is 34.1. The molecule has 0 radical (unpaired) electrons. The van der Waals surface area contributed by atoms with Gasteiger partial charge in [-0.15, -0.1) is 11.3 Å². The number of hydrogen-bond donors (Lipinski definition) is 2. The number of carbonyl (C=O) groups excluding carboxylic acids is 1. The van der Waals surface area contributed by atoms with Gasteiger partial charge in [0.15, 0.2) is 0 Å². The molecule has 2 aromatic heterocycles. The van der Waals surface area contributed by atoms with Crippen molar-refractivity contribution in [1.82, 2.24) is 15.3 Å². The van der Waals surface area contributed by atoms with Gasteiger partial charge >= 0.3 is 0 Å². The van der Waals surface area contributed by atoms with Crippen LogP contribution in [0.4, 0.5) is 10.1 Å². The molecule has 2 N–H and O–H groups in total. The number of aromatic nitrogens is 2. The Hall–Kier alpha value is -3.36. The van der Waals surface area contributed by atoms with Gasteiger partial charge in [-0.3, -0.25) is 14.6 Å². The molecule has 3 heterocycles. The van der Waals surface area contributed by atoms with E-state index in [1.54, 1.807) is 6.07 Å². The van der Waals surface area contributed by atoms with Crippen molar-refractivity contribution in [2.75, 3.05) is 29.5 Å². The van der Waals surface area contributed by atoms with E-state index in [0.29, 0.717) is 48.1 Å². The van der Waals surface area contributed by atoms with Gasteiger partial charge < -0.3 is 10.2 Å². The maximum Gasteiger partial charge on any atom is 0.225 e. The van der Waals surface area contributed by atoms with Crippen molar-refractivity contribution in [3.63, 3.8) is 0 Å². The van der Waals surface area contributed by atoms with Crippen LogP contribution in [0.25, 0.3) is 21.1 Å². The highest BCUT2D eigenvalue weighted by molar-refractivity contribution is 7.92. The number of para-hydroxylation sites is 1. The van der Waals surface area contributed by atoms with Crippen LogP contribution in [0.2, 0.25) is 0 Å². The minimum absolute atomic E-state index is 0.0846. The van der Waals surface area contributed by atoms with Crippen molar-refractivity contribution in [3.8, 4) is 27.2 Å². The van der Waals surface area contributed by atoms with Gasteiger partial charge in [0, 0.05) is 57.4 Å². The summed E-state index contributed by atoms with van der Waals surface area (Å²) in [5.41, 5.74) is 2.63. The predicted octanol–water partition coefficient (Wildman–Crippen LogP) is 5.32. The average Bonchev–Trinajstić information content (AvgIpc) is 3.60. The summed E-state index contributed by atoms with van der Waals surface area (Å²) >= 11 is 1.49. The number of nitrogens with zero attached hydrogens (tertiary/aromatic N) is 4. The van der Waals surface area contributed by atoms with Crippen LogP contribution in [-0.4, -0.2) is 50.2 Å². The van der Waals surface area contributed by atoms with Gasteiger partial charge in [0.25, 0.3) is 0 Å². The fourth-order valence-corrected chi connectivity index (χ4v) is 8.17. The highest BCUT2D eigenvalue weighted by Gasteiger charge is 2.47. The molecule has 8 nitrogen and oxygen atoms in total. The molecule has 3 aromatic rings. The van der Waals surface area contributed by atoms with E-state index in [2.05, 4.69) is 21.3 Å². The van der Waals surface area contributed by atoms with E-state index in [1.807, 2.05) is 24.3 Å². The third-order valence-corrected chi connectivity index (χ3v) is 11.1. The third kappa shape index (κ3) is 5.34. The number of anilines is 1. The Morgan fingerprint density at radius 2 is 1.93 bits per heavy atom. The monoisotopic (exact) mass is 578 g/mol. The number of carbonyl (C=O) groups is 1. The fraction of sp³-hybridized carbons (Fsp3) is 0.448. The molecular weight excluding hydrogens is 547 g/mol. The molecule has 6 rings (SSSR count). The molecule has 2 saturated carbocycles. The second-order valence-electron chi connectivity index (χ2n) is 11.0. The highest BCUT2D eigenvalue weighted by Crippen LogP contribution is 2.48. The first-order valence-corrected chi connectivity index (χ1v) is 16.4. The first-order valence-electron chi connectivity index (χ1n) is 13.7. The molecule has 3 fully saturated rings. The minimum Gasteiger partial charge on any atom is -0.369 e. The number of thiazole rings is 1. The Labute approximate surface area is 237 Å². The van der Waals surface area contributed by atoms with Crippen molar-refractivity contribution < 1.29 is 13.4 Å². The largest absolute Gasteiger partial charge is 0.369 e. The molecular formula is C29H31FN6O2S2. The Bertz CT molecular complexity index is 1560. The van der Waals surface area contributed by atoms with Gasteiger partial charge in [0.1, 0.15) is 16.4 Å². The Kier molecular flexibility index (Phi) is 7.09. The molecule has 208 valence electrons. The maximum atomic E-state index is 13.7. The highest BCUT2D eigenvalue weighted by atomic mass is 32.2. The normalized spacial score (nSPS) is 23.2. The van der Waals surface area contributed by atoms with Crippen LogP contribution in [-0.2, 0) is 14.5 Å². The molecule has 2 atom stereocenters. The Morgan fingerprint density at radius 1 is 1.18 bits per heavy atom. The molecule has 1 saturated heterocycles. The van der Waals surface area contributed by atoms with Crippen LogP contribution >= 0.6 is 11.3 Å². The lowest BCUT2D eigenvalue weighted by Gasteiger charge is -2.33. The first-order chi connectivity index (χ1) is 19.3. The quantitative estimate of drug-likeness (QED) is 0.408. The maximum absolute atomic E-state index is 13.7. The number of nitrogens with one attached hydrogen (secondary N) is 2. The number of rotatable bonds is 6. The number of hydrogen-bond acceptors (Lipinski definition) is 8. The van der Waals surface area contributed by atoms with Crippen molar-refractivity contribution in [2.45, 2.75) is 50.0 Å². The van der Waals surface area contributed by atoms with E-state index >= 15 is 0 Å². The van der Waals surface area contributed by atoms with Crippen molar-refractivity contribution >= 4 is 32.7 Å². The van der Waals surface area contributed by atoms with E-state index in [0.717, 1.165) is 47.5 Å². The van der Waals surface area contributed by atoms with Crippen LogP contribution in [0, 0.1) is 27.8 Å². The molecule has 2 aliphatic carbocycles. The molecule has 40 heavy (non-hydrogen) atoms. The van der Waals surface area contributed by atoms with E-state index < -0.39 is 21.1 Å². The lowest BCUT2D eigenvalue weighted by Crippen LogP contribution is -2.42. The third-order valence-electron chi connectivity index (χ3n) is 8.25. The summed E-state index contributed by atoms with van der Waals surface area (Å²) in [7, 11) is -2.55. The van der Waals surface area contributed by atoms with Crippen LogP contribution in [0.3, 0.4) is 0 Å². The van der Waals surface area contributed by atoms with Gasteiger partial charge in [-0.2, -0.15) is 5.26 Å². The van der Waals surface area contributed by atoms with Crippen molar-refractivity contribution in [3.05, 3.63) is 54.1 Å². The number of pyridine rings is 1. The van der Waals surface area contributed by atoms with Crippen LogP contribution in [0.1, 0.15) is 50.1 Å². The molecule has 11 heteroatoms. The summed E-state index contributed by atoms with van der Waals surface area (Å²) in [5.74, 6) is -0.286. The Balaban J connectivity index is 1.43. The summed E-state index contributed by atoms with van der Waals surface area (Å²) in [6.07, 6.45) is 6.00. The molecule has 1 aliphatic heterocycles. The fourth-order valence-electron chi connectivity index (χ4n) is 5.79. The van der Waals surface area contributed by atoms with Crippen LogP contribution in [0.5, 0.6) is 0 Å². The van der Waals surface area contributed by atoms with E-state index in [1.165, 1.54) is 23.6 Å². The zero-order chi connectivity index (χ0) is 27.9. The first kappa shape index (κ1) is 26.8. The SMILES string of the molecule is N#CC1(NC(=O)[C@@H]2CCCC[C@H]2c2nc(-c3ccc(F)cn3)sc2-c2ccccc2N2CCS(=N)(=O)CC2)CC1. The lowest BCUT2D eigenvalue weighted by atomic mass is 9.76. The molecule has 0 unspecified atom stereocenters. The molecule has 1 aromatic carbocycles. The second kappa shape index (κ2) is 10.6. The standard InChI is InChI=1S/C29H31FN6O2S2/c30-19-9-10-23(33-17-19)28-34-25(20-5-1-2-6-21(20)27(37)35-29(18-31)11-12-29)26(39-28)22-7-3-4-8-24(22)36-13-15-40(32,38)16-14-36/h3-4,7-10,17,20-21,32H,1-2,5-6,11-16H2,(H,35,37)/t20-,21-/m1/s1. The topological polar surface area (TPSA) is 123 Å². The molecule has 0 spiro atoms. The number of halogens is 1. The summed E-state index contributed by atoms with van der Waals surface area (Å²) in [6, 6.07) is 13.3. The van der Waals surface area contributed by atoms with Crippen molar-refractivity contribution in [1.29, 1.82) is 10.0 Å². The molecule has 3 aliphatic rings. The Morgan fingerprint density at radius 3 is 2.62 bits per heavy atom. The average molecular weight is 579 g/mol. The van der Waals surface area contributed by atoms with Gasteiger partial charge in [-0.05, 0) is 43.9 Å². The second-order valence-corrected chi connectivity index (χ2v) is 14.4.